The summed E-state index contributed by atoms with van der Waals surface area (Å²) in [6.45, 7) is 8.69. The molecule has 0 saturated carbocycles. The molecular formula is C11H24S. The zero-order chi connectivity index (χ0) is 9.56. The van der Waals surface area contributed by atoms with Crippen LogP contribution in [0.3, 0.4) is 0 Å². The molecule has 0 bridgehead atoms. The van der Waals surface area contributed by atoms with E-state index in [0.29, 0.717) is 10.5 Å². The van der Waals surface area contributed by atoms with Crippen LogP contribution < -0.4 is 0 Å². The molecule has 0 aliphatic carbocycles. The lowest BCUT2D eigenvalue weighted by Gasteiger charge is -2.26. The Morgan fingerprint density at radius 2 is 1.58 bits per heavy atom. The molecule has 1 saturated heterocycles. The van der Waals surface area contributed by atoms with E-state index in [4.69, 9.17) is 0 Å². The predicted molar refractivity (Wildman–Crippen MR) is 63.4 cm³/mol. The second kappa shape index (κ2) is 6.71. The van der Waals surface area contributed by atoms with Crippen LogP contribution in [0.2, 0.25) is 0 Å². The Hall–Kier alpha value is 0.220. The van der Waals surface area contributed by atoms with Crippen LogP contribution in [0.4, 0.5) is 0 Å². The van der Waals surface area contributed by atoms with Crippen molar-refractivity contribution >= 4 is 16.4 Å². The van der Waals surface area contributed by atoms with E-state index in [9.17, 15) is 0 Å². The maximum absolute atomic E-state index is 4.12. The zero-order valence-corrected chi connectivity index (χ0v) is 9.91. The van der Waals surface area contributed by atoms with Crippen LogP contribution in [0.25, 0.3) is 0 Å². The second-order valence-electron chi connectivity index (χ2n) is 3.60. The molecule has 1 fully saturated rings. The van der Waals surface area contributed by atoms with Crippen molar-refractivity contribution in [1.29, 1.82) is 0 Å². The summed E-state index contributed by atoms with van der Waals surface area (Å²) >= 11 is 0. The Balaban J connectivity index is 0.000000561. The lowest BCUT2D eigenvalue weighted by Crippen LogP contribution is -2.16. The third-order valence-corrected chi connectivity index (χ3v) is 4.12. The summed E-state index contributed by atoms with van der Waals surface area (Å²) in [6, 6.07) is 0. The van der Waals surface area contributed by atoms with Crippen LogP contribution in [0.1, 0.15) is 40.5 Å². The predicted octanol–water partition coefficient (Wildman–Crippen LogP) is 3.78. The van der Waals surface area contributed by atoms with Gasteiger partial charge in [0.1, 0.15) is 0 Å². The summed E-state index contributed by atoms with van der Waals surface area (Å²) in [4.78, 5) is 0. The smallest absolute Gasteiger partial charge is 0.0120 e. The van der Waals surface area contributed by atoms with E-state index in [2.05, 4.69) is 19.7 Å². The molecule has 1 aliphatic heterocycles. The van der Waals surface area contributed by atoms with E-state index < -0.39 is 0 Å². The largest absolute Gasteiger partial charge is 0.193 e. The van der Waals surface area contributed by atoms with Gasteiger partial charge in [0.15, 0.2) is 0 Å². The molecule has 0 amide bonds. The van der Waals surface area contributed by atoms with Gasteiger partial charge >= 0.3 is 0 Å². The average Bonchev–Trinajstić information content (AvgIpc) is 2.09. The molecule has 1 rings (SSSR count). The van der Waals surface area contributed by atoms with E-state index in [1.165, 1.54) is 24.3 Å². The minimum atomic E-state index is 0.523. The van der Waals surface area contributed by atoms with Crippen molar-refractivity contribution in [1.82, 2.24) is 0 Å². The van der Waals surface area contributed by atoms with Gasteiger partial charge in [0, 0.05) is 0 Å². The summed E-state index contributed by atoms with van der Waals surface area (Å²) in [6.07, 6.45) is 2.87. The summed E-state index contributed by atoms with van der Waals surface area (Å²) < 4.78 is 0. The van der Waals surface area contributed by atoms with Crippen molar-refractivity contribution in [3.05, 3.63) is 0 Å². The zero-order valence-electron chi connectivity index (χ0n) is 9.10. The van der Waals surface area contributed by atoms with Crippen molar-refractivity contribution in [3.63, 3.8) is 0 Å². The maximum Gasteiger partial charge on any atom is -0.0120 e. The van der Waals surface area contributed by atoms with Gasteiger partial charge in [0.25, 0.3) is 0 Å². The van der Waals surface area contributed by atoms with Crippen LogP contribution in [0.15, 0.2) is 0 Å². The molecule has 1 aliphatic rings. The van der Waals surface area contributed by atoms with Gasteiger partial charge in [-0.3, -0.25) is 0 Å². The van der Waals surface area contributed by atoms with Gasteiger partial charge in [-0.2, -0.15) is 10.5 Å². The normalized spacial score (nSPS) is 29.4. The van der Waals surface area contributed by atoms with Crippen LogP contribution >= 0.6 is 10.5 Å². The molecule has 0 aromatic heterocycles. The van der Waals surface area contributed by atoms with Crippen molar-refractivity contribution in [3.8, 4) is 0 Å². The highest BCUT2D eigenvalue weighted by molar-refractivity contribution is 8.14. The summed E-state index contributed by atoms with van der Waals surface area (Å²) in [5, 5.41) is 0. The summed E-state index contributed by atoms with van der Waals surface area (Å²) in [5.74, 6) is 8.81. The van der Waals surface area contributed by atoms with Gasteiger partial charge in [-0.1, -0.05) is 33.6 Å². The van der Waals surface area contributed by atoms with Crippen LogP contribution in [0.5, 0.6) is 0 Å². The standard InChI is InChI=1S/C9H18S.C2H6/c1-8(2)9-4-6-10(3)7-5-9;1-2/h8-9H,3-7H2,1-2H3;1-2H3. The van der Waals surface area contributed by atoms with Crippen molar-refractivity contribution in [2.75, 3.05) is 11.5 Å². The molecule has 0 aromatic rings. The minimum absolute atomic E-state index is 0.523. The van der Waals surface area contributed by atoms with Gasteiger partial charge in [0.2, 0.25) is 0 Å². The third kappa shape index (κ3) is 4.30. The van der Waals surface area contributed by atoms with E-state index >= 15 is 0 Å². The Morgan fingerprint density at radius 1 is 1.17 bits per heavy atom. The molecule has 0 spiro atoms. The topological polar surface area (TPSA) is 0 Å². The molecule has 0 radical (unpaired) electrons. The third-order valence-electron chi connectivity index (χ3n) is 2.50. The fourth-order valence-electron chi connectivity index (χ4n) is 1.55. The molecule has 0 N–H and O–H groups in total. The molecule has 0 unspecified atom stereocenters. The lowest BCUT2D eigenvalue weighted by atomic mass is 9.91. The monoisotopic (exact) mass is 188 g/mol. The highest BCUT2D eigenvalue weighted by Gasteiger charge is 2.17. The number of hydrogen-bond donors (Lipinski definition) is 0. The Labute approximate surface area is 80.7 Å². The highest BCUT2D eigenvalue weighted by atomic mass is 32.2. The second-order valence-corrected chi connectivity index (χ2v) is 5.64. The fourth-order valence-corrected chi connectivity index (χ4v) is 3.03. The average molecular weight is 188 g/mol. The van der Waals surface area contributed by atoms with Gasteiger partial charge < -0.3 is 0 Å². The molecule has 0 nitrogen and oxygen atoms in total. The van der Waals surface area contributed by atoms with Gasteiger partial charge in [-0.25, -0.2) is 0 Å². The molecular weight excluding hydrogens is 164 g/mol. The molecule has 1 heteroatoms. The quantitative estimate of drug-likeness (QED) is 0.549. The Kier molecular flexibility index (Phi) is 6.83. The van der Waals surface area contributed by atoms with Crippen LogP contribution in [0, 0.1) is 11.8 Å². The van der Waals surface area contributed by atoms with Crippen molar-refractivity contribution in [2.24, 2.45) is 11.8 Å². The summed E-state index contributed by atoms with van der Waals surface area (Å²) in [5.41, 5.74) is 0. The Morgan fingerprint density at radius 3 is 1.92 bits per heavy atom. The SMILES string of the molecule is C=S1CCC(C(C)C)CC1.CC. The maximum atomic E-state index is 4.12. The van der Waals surface area contributed by atoms with Crippen LogP contribution in [-0.4, -0.2) is 17.4 Å². The summed E-state index contributed by atoms with van der Waals surface area (Å²) in [7, 11) is 0.523. The molecule has 0 atom stereocenters. The number of rotatable bonds is 1. The number of hydrogen-bond acceptors (Lipinski definition) is 0. The Bertz CT molecular complexity index is 117. The first-order valence-electron chi connectivity index (χ1n) is 5.17. The highest BCUT2D eigenvalue weighted by Crippen LogP contribution is 2.31. The molecule has 12 heavy (non-hydrogen) atoms. The first-order valence-corrected chi connectivity index (χ1v) is 6.90. The minimum Gasteiger partial charge on any atom is -0.193 e. The first kappa shape index (κ1) is 12.2. The van der Waals surface area contributed by atoms with Crippen molar-refractivity contribution in [2.45, 2.75) is 40.5 Å². The first-order chi connectivity index (χ1) is 5.70. The van der Waals surface area contributed by atoms with Crippen LogP contribution in [-0.2, 0) is 0 Å². The molecule has 0 aromatic carbocycles. The van der Waals surface area contributed by atoms with Gasteiger partial charge in [-0.05, 0) is 36.2 Å². The van der Waals surface area contributed by atoms with E-state index in [-0.39, 0.29) is 0 Å². The van der Waals surface area contributed by atoms with Crippen molar-refractivity contribution < 1.29 is 0 Å². The molecule has 74 valence electrons. The van der Waals surface area contributed by atoms with Gasteiger partial charge in [-0.15, -0.1) is 0 Å². The fraction of sp³-hybridized carbons (Fsp3) is 0.909. The lowest BCUT2D eigenvalue weighted by molar-refractivity contribution is 0.360. The van der Waals surface area contributed by atoms with E-state index in [1.54, 1.807) is 0 Å². The van der Waals surface area contributed by atoms with Gasteiger partial charge in [0.05, 0.1) is 0 Å². The van der Waals surface area contributed by atoms with E-state index in [1.807, 2.05) is 13.8 Å². The van der Waals surface area contributed by atoms with E-state index in [0.717, 1.165) is 11.8 Å². The molecule has 1 heterocycles.